The molecule has 0 atom stereocenters. The van der Waals surface area contributed by atoms with Gasteiger partial charge in [-0.3, -0.25) is 0 Å². The number of aromatic nitrogens is 2. The van der Waals surface area contributed by atoms with Crippen molar-refractivity contribution in [2.45, 2.75) is 20.0 Å². The summed E-state index contributed by atoms with van der Waals surface area (Å²) in [7, 11) is 0. The summed E-state index contributed by atoms with van der Waals surface area (Å²) in [5, 5.41) is 18.3. The molecule has 9 heteroatoms. The Morgan fingerprint density at radius 1 is 1.10 bits per heavy atom. The topological polar surface area (TPSA) is 85.7 Å². The maximum atomic E-state index is 13.4. The molecule has 0 spiro atoms. The van der Waals surface area contributed by atoms with Crippen molar-refractivity contribution in [2.24, 2.45) is 0 Å². The van der Waals surface area contributed by atoms with Crippen LogP contribution in [0.25, 0.3) is 11.4 Å². The maximum absolute atomic E-state index is 13.4. The molecule has 0 saturated heterocycles. The number of benzene rings is 1. The molecule has 0 aliphatic carbocycles. The highest BCUT2D eigenvalue weighted by Gasteiger charge is 2.34. The number of allylic oxidation sites excluding steroid dienone is 2. The summed E-state index contributed by atoms with van der Waals surface area (Å²) < 4.78 is 40.1. The van der Waals surface area contributed by atoms with E-state index in [2.05, 4.69) is 32.0 Å². The molecule has 1 aromatic heterocycles. The van der Waals surface area contributed by atoms with E-state index in [1.54, 1.807) is 19.1 Å². The number of nitrogens with zero attached hydrogens (tertiary/aromatic N) is 3. The second kappa shape index (κ2) is 8.86. The van der Waals surface area contributed by atoms with Gasteiger partial charge in [0.25, 0.3) is 0 Å². The summed E-state index contributed by atoms with van der Waals surface area (Å²) in [4.78, 5) is 8.63. The van der Waals surface area contributed by atoms with E-state index in [4.69, 9.17) is 5.26 Å². The zero-order chi connectivity index (χ0) is 21.7. The monoisotopic (exact) mass is 414 g/mol. The van der Waals surface area contributed by atoms with Gasteiger partial charge in [-0.1, -0.05) is 18.2 Å². The third kappa shape index (κ3) is 4.89. The number of rotatable bonds is 6. The summed E-state index contributed by atoms with van der Waals surface area (Å²) in [5.41, 5.74) is 1.22. The van der Waals surface area contributed by atoms with Gasteiger partial charge in [-0.05, 0) is 32.1 Å². The Kier molecular flexibility index (Phi) is 6.26. The van der Waals surface area contributed by atoms with Crippen molar-refractivity contribution in [2.75, 3.05) is 25.0 Å². The molecule has 0 unspecified atom stereocenters. The first-order chi connectivity index (χ1) is 14.3. The first-order valence-corrected chi connectivity index (χ1v) is 9.34. The van der Waals surface area contributed by atoms with E-state index in [-0.39, 0.29) is 11.4 Å². The van der Waals surface area contributed by atoms with Crippen molar-refractivity contribution in [3.8, 4) is 17.5 Å². The van der Waals surface area contributed by atoms with Gasteiger partial charge in [-0.2, -0.15) is 18.4 Å². The Bertz CT molecular complexity index is 1030. The van der Waals surface area contributed by atoms with Crippen LogP contribution in [-0.4, -0.2) is 29.6 Å². The smallest absolute Gasteiger partial charge is 0.370 e. The maximum Gasteiger partial charge on any atom is 0.417 e. The third-order valence-electron chi connectivity index (χ3n) is 4.66. The lowest BCUT2D eigenvalue weighted by Crippen LogP contribution is -2.32. The van der Waals surface area contributed by atoms with E-state index >= 15 is 0 Å². The van der Waals surface area contributed by atoms with Crippen molar-refractivity contribution in [3.05, 3.63) is 64.6 Å². The van der Waals surface area contributed by atoms with Gasteiger partial charge in [0.1, 0.15) is 5.82 Å². The standard InChI is InChI=1S/C21H21F3N6/c1-13-14(2)29-20(16-5-3-4-6-17(16)21(22,23)24)30-19(13)27-10-9-26-18-8-7-15(11-25)12-28-18/h3-8,26,28H,9-10,12H2,1-2H3,(H,27,29,30). The van der Waals surface area contributed by atoms with Crippen LogP contribution in [0.4, 0.5) is 19.0 Å². The van der Waals surface area contributed by atoms with E-state index in [9.17, 15) is 13.2 Å². The fraction of sp³-hybridized carbons (Fsp3) is 0.286. The Morgan fingerprint density at radius 2 is 1.83 bits per heavy atom. The number of hydrogen-bond donors (Lipinski definition) is 3. The molecule has 0 fully saturated rings. The average molecular weight is 414 g/mol. The van der Waals surface area contributed by atoms with E-state index < -0.39 is 11.7 Å². The molecule has 6 nitrogen and oxygen atoms in total. The number of dihydropyridines is 1. The van der Waals surface area contributed by atoms with E-state index in [0.29, 0.717) is 36.7 Å². The predicted octanol–water partition coefficient (Wildman–Crippen LogP) is 3.68. The number of nitriles is 1. The molecular formula is C21H21F3N6. The van der Waals surface area contributed by atoms with Gasteiger partial charge in [0, 0.05) is 35.5 Å². The van der Waals surface area contributed by atoms with Gasteiger partial charge in [0.05, 0.1) is 24.0 Å². The third-order valence-corrected chi connectivity index (χ3v) is 4.66. The second-order valence-electron chi connectivity index (χ2n) is 6.74. The minimum Gasteiger partial charge on any atom is -0.370 e. The number of aryl methyl sites for hydroxylation is 1. The molecule has 2 heterocycles. The zero-order valence-electron chi connectivity index (χ0n) is 16.6. The lowest BCUT2D eigenvalue weighted by molar-refractivity contribution is -0.137. The Hall–Kier alpha value is -3.54. The van der Waals surface area contributed by atoms with Crippen LogP contribution in [-0.2, 0) is 6.18 Å². The van der Waals surface area contributed by atoms with Crippen LogP contribution in [0.15, 0.2) is 47.8 Å². The predicted molar refractivity (Wildman–Crippen MR) is 108 cm³/mol. The SMILES string of the molecule is Cc1nc(-c2ccccc2C(F)(F)F)nc(NCCNC2=CC=C(C#N)CN2)c1C. The lowest BCUT2D eigenvalue weighted by atomic mass is 10.1. The molecule has 1 aliphatic rings. The number of nitrogens with one attached hydrogen (secondary N) is 3. The number of anilines is 1. The summed E-state index contributed by atoms with van der Waals surface area (Å²) >= 11 is 0. The van der Waals surface area contributed by atoms with Crippen LogP contribution < -0.4 is 16.0 Å². The Morgan fingerprint density at radius 3 is 2.50 bits per heavy atom. The van der Waals surface area contributed by atoms with Crippen LogP contribution in [0.5, 0.6) is 0 Å². The highest BCUT2D eigenvalue weighted by molar-refractivity contribution is 5.64. The van der Waals surface area contributed by atoms with Crippen molar-refractivity contribution in [1.82, 2.24) is 20.6 Å². The molecule has 1 aliphatic heterocycles. The Balaban J connectivity index is 1.73. The van der Waals surface area contributed by atoms with Crippen LogP contribution in [0.2, 0.25) is 0 Å². The molecule has 0 radical (unpaired) electrons. The number of alkyl halides is 3. The average Bonchev–Trinajstić information content (AvgIpc) is 2.73. The largest absolute Gasteiger partial charge is 0.417 e. The molecule has 156 valence electrons. The van der Waals surface area contributed by atoms with Crippen LogP contribution in [0.3, 0.4) is 0 Å². The van der Waals surface area contributed by atoms with Crippen molar-refractivity contribution in [1.29, 1.82) is 5.26 Å². The van der Waals surface area contributed by atoms with Gasteiger partial charge in [-0.15, -0.1) is 0 Å². The van der Waals surface area contributed by atoms with Crippen molar-refractivity contribution >= 4 is 5.82 Å². The first kappa shape index (κ1) is 21.2. The normalized spacial score (nSPS) is 13.6. The molecule has 30 heavy (non-hydrogen) atoms. The summed E-state index contributed by atoms with van der Waals surface area (Å²) in [5.74, 6) is 1.33. The van der Waals surface area contributed by atoms with Crippen molar-refractivity contribution < 1.29 is 13.2 Å². The molecular weight excluding hydrogens is 393 g/mol. The quantitative estimate of drug-likeness (QED) is 0.626. The van der Waals surface area contributed by atoms with Crippen molar-refractivity contribution in [3.63, 3.8) is 0 Å². The molecule has 1 aromatic carbocycles. The highest BCUT2D eigenvalue weighted by atomic mass is 19.4. The summed E-state index contributed by atoms with van der Waals surface area (Å²) in [6.45, 7) is 5.08. The molecule has 0 saturated carbocycles. The van der Waals surface area contributed by atoms with E-state index in [0.717, 1.165) is 17.5 Å². The van der Waals surface area contributed by atoms with Crippen LogP contribution in [0, 0.1) is 25.2 Å². The zero-order valence-corrected chi connectivity index (χ0v) is 16.6. The Labute approximate surface area is 172 Å². The molecule has 3 N–H and O–H groups in total. The second-order valence-corrected chi connectivity index (χ2v) is 6.74. The van der Waals surface area contributed by atoms with E-state index in [1.807, 2.05) is 6.92 Å². The van der Waals surface area contributed by atoms with Gasteiger partial charge < -0.3 is 16.0 Å². The molecule has 3 rings (SSSR count). The fourth-order valence-corrected chi connectivity index (χ4v) is 2.92. The van der Waals surface area contributed by atoms with Crippen LogP contribution >= 0.6 is 0 Å². The van der Waals surface area contributed by atoms with Gasteiger partial charge >= 0.3 is 6.18 Å². The fourth-order valence-electron chi connectivity index (χ4n) is 2.92. The van der Waals surface area contributed by atoms with Gasteiger partial charge in [0.2, 0.25) is 0 Å². The van der Waals surface area contributed by atoms with Crippen LogP contribution in [0.1, 0.15) is 16.8 Å². The van der Waals surface area contributed by atoms with Gasteiger partial charge in [-0.25, -0.2) is 9.97 Å². The van der Waals surface area contributed by atoms with Gasteiger partial charge in [0.15, 0.2) is 5.82 Å². The summed E-state index contributed by atoms with van der Waals surface area (Å²) in [6.07, 6.45) is -0.959. The molecule has 0 amide bonds. The molecule has 2 aromatic rings. The lowest BCUT2D eigenvalue weighted by Gasteiger charge is -2.17. The summed E-state index contributed by atoms with van der Waals surface area (Å²) in [6, 6.07) is 7.38. The number of halogens is 3. The highest BCUT2D eigenvalue weighted by Crippen LogP contribution is 2.36. The number of hydrogen-bond acceptors (Lipinski definition) is 6. The minimum atomic E-state index is -4.49. The first-order valence-electron chi connectivity index (χ1n) is 9.34. The van der Waals surface area contributed by atoms with E-state index in [1.165, 1.54) is 18.2 Å². The minimum absolute atomic E-state index is 0.0345. The molecule has 0 bridgehead atoms.